The minimum absolute atomic E-state index is 0. The van der Waals surface area contributed by atoms with E-state index in [-0.39, 0.29) is 29.7 Å². The van der Waals surface area contributed by atoms with E-state index in [1.807, 2.05) is 6.07 Å². The number of ether oxygens (including phenoxy) is 1. The van der Waals surface area contributed by atoms with Crippen molar-refractivity contribution >= 4 is 34.0 Å². The molecule has 33 heavy (non-hydrogen) atoms. The molecule has 2 aliphatic carbocycles. The normalized spacial score (nSPS) is 23.5. The zero-order valence-corrected chi connectivity index (χ0v) is 20.4. The number of aryl methyl sites for hydroxylation is 2. The maximum Gasteiger partial charge on any atom is 0.328 e. The summed E-state index contributed by atoms with van der Waals surface area (Å²) in [7, 11) is 1.74. The van der Waals surface area contributed by atoms with E-state index >= 15 is 0 Å². The first-order valence-electron chi connectivity index (χ1n) is 11.8. The molecule has 0 radical (unpaired) electrons. The smallest absolute Gasteiger partial charge is 0.328 e. The van der Waals surface area contributed by atoms with Crippen LogP contribution < -0.4 is 21.3 Å². The molecule has 2 aromatic heterocycles. The van der Waals surface area contributed by atoms with Crippen LogP contribution >= 0.6 is 23.7 Å². The number of benzene rings is 1. The van der Waals surface area contributed by atoms with E-state index in [0.29, 0.717) is 18.4 Å². The fourth-order valence-corrected chi connectivity index (χ4v) is 7.61. The highest BCUT2D eigenvalue weighted by Crippen LogP contribution is 2.45. The fraction of sp³-hybridized carbons (Fsp3) is 0.520. The van der Waals surface area contributed by atoms with Gasteiger partial charge in [0, 0.05) is 23.4 Å². The minimum atomic E-state index is -0.270. The number of rotatable bonds is 4. The van der Waals surface area contributed by atoms with Crippen molar-refractivity contribution < 1.29 is 4.74 Å². The second kappa shape index (κ2) is 8.93. The molecule has 1 aliphatic heterocycles. The number of thiophene rings is 1. The topological polar surface area (TPSA) is 76.1 Å². The van der Waals surface area contributed by atoms with Crippen LogP contribution in [0.15, 0.2) is 27.8 Å². The number of halogens is 1. The number of fused-ring (bicyclic) bond motifs is 6. The van der Waals surface area contributed by atoms with Gasteiger partial charge < -0.3 is 15.0 Å². The molecule has 176 valence electrons. The van der Waals surface area contributed by atoms with Crippen molar-refractivity contribution in [1.82, 2.24) is 14.9 Å². The molecule has 3 aliphatic rings. The average Bonchev–Trinajstić information content (AvgIpc) is 3.40. The van der Waals surface area contributed by atoms with Crippen LogP contribution in [0.5, 0.6) is 5.75 Å². The Morgan fingerprint density at radius 2 is 2.00 bits per heavy atom. The molecule has 0 amide bonds. The Labute approximate surface area is 202 Å². The molecule has 3 heterocycles. The van der Waals surface area contributed by atoms with Gasteiger partial charge in [0.15, 0.2) is 0 Å². The number of hydrogen-bond acceptors (Lipinski definition) is 5. The summed E-state index contributed by atoms with van der Waals surface area (Å²) in [5.74, 6) is 1.98. The van der Waals surface area contributed by atoms with Crippen LogP contribution in [0.4, 0.5) is 0 Å². The number of hydrogen-bond donors (Lipinski definition) is 2. The average molecular weight is 488 g/mol. The third kappa shape index (κ3) is 3.65. The van der Waals surface area contributed by atoms with Gasteiger partial charge in [0.05, 0.1) is 12.6 Å². The summed E-state index contributed by atoms with van der Waals surface area (Å²) in [6, 6.07) is 6.61. The van der Waals surface area contributed by atoms with Gasteiger partial charge in [0.25, 0.3) is 5.56 Å². The van der Waals surface area contributed by atoms with Crippen LogP contribution in [0, 0.1) is 5.92 Å². The molecule has 0 saturated carbocycles. The van der Waals surface area contributed by atoms with Crippen molar-refractivity contribution in [3.8, 4) is 5.75 Å². The Bertz CT molecular complexity index is 1310. The van der Waals surface area contributed by atoms with Crippen molar-refractivity contribution in [3.05, 3.63) is 60.6 Å². The monoisotopic (exact) mass is 487 g/mol. The maximum absolute atomic E-state index is 13.3. The highest BCUT2D eigenvalue weighted by molar-refractivity contribution is 7.19. The Balaban J connectivity index is 0.00000228. The maximum atomic E-state index is 13.3. The summed E-state index contributed by atoms with van der Waals surface area (Å²) in [5, 5.41) is 3.70. The first-order chi connectivity index (χ1) is 15.7. The molecule has 1 unspecified atom stereocenters. The largest absolute Gasteiger partial charge is 0.496 e. The lowest BCUT2D eigenvalue weighted by Gasteiger charge is -2.32. The van der Waals surface area contributed by atoms with Crippen LogP contribution in [0.3, 0.4) is 0 Å². The molecular formula is C25H30ClN3O3S. The van der Waals surface area contributed by atoms with Crippen molar-refractivity contribution in [2.24, 2.45) is 5.92 Å². The zero-order chi connectivity index (χ0) is 21.8. The SMILES string of the molecule is COc1cccc2c1CC[C@H]1CNC(CCn3c(=O)[nH]c4c5c(sc4c3=O)CCCC5)[C@@H]21.Cl. The molecule has 6 nitrogen and oxygen atoms in total. The van der Waals surface area contributed by atoms with Crippen LogP contribution in [0.25, 0.3) is 10.2 Å². The molecule has 0 spiro atoms. The predicted octanol–water partition coefficient (Wildman–Crippen LogP) is 3.77. The van der Waals surface area contributed by atoms with Crippen molar-refractivity contribution in [2.75, 3.05) is 13.7 Å². The summed E-state index contributed by atoms with van der Waals surface area (Å²) in [4.78, 5) is 30.5. The second-order valence-electron chi connectivity index (χ2n) is 9.46. The Morgan fingerprint density at radius 1 is 1.15 bits per heavy atom. The number of aromatic amines is 1. The van der Waals surface area contributed by atoms with Gasteiger partial charge in [0.2, 0.25) is 0 Å². The quantitative estimate of drug-likeness (QED) is 0.587. The summed E-state index contributed by atoms with van der Waals surface area (Å²) in [6.45, 7) is 1.43. The number of nitrogens with one attached hydrogen (secondary N) is 2. The Hall–Kier alpha value is -2.09. The van der Waals surface area contributed by atoms with Crippen LogP contribution in [-0.2, 0) is 25.8 Å². The third-order valence-electron chi connectivity index (χ3n) is 7.85. The van der Waals surface area contributed by atoms with Crippen LogP contribution in [-0.4, -0.2) is 29.2 Å². The lowest BCUT2D eigenvalue weighted by Crippen LogP contribution is -2.37. The van der Waals surface area contributed by atoms with E-state index in [2.05, 4.69) is 22.4 Å². The van der Waals surface area contributed by atoms with Crippen molar-refractivity contribution in [3.63, 3.8) is 0 Å². The molecule has 8 heteroatoms. The van der Waals surface area contributed by atoms with Crippen LogP contribution in [0.1, 0.15) is 53.2 Å². The minimum Gasteiger partial charge on any atom is -0.496 e. The molecule has 2 N–H and O–H groups in total. The highest BCUT2D eigenvalue weighted by atomic mass is 35.5. The van der Waals surface area contributed by atoms with E-state index < -0.39 is 0 Å². The molecular weight excluding hydrogens is 458 g/mol. The van der Waals surface area contributed by atoms with Gasteiger partial charge in [-0.25, -0.2) is 4.79 Å². The molecule has 1 saturated heterocycles. The Kier molecular flexibility index (Phi) is 6.14. The van der Waals surface area contributed by atoms with Gasteiger partial charge >= 0.3 is 5.69 Å². The number of aromatic nitrogens is 2. The van der Waals surface area contributed by atoms with Crippen molar-refractivity contribution in [1.29, 1.82) is 0 Å². The van der Waals surface area contributed by atoms with E-state index in [9.17, 15) is 9.59 Å². The number of H-pyrrole nitrogens is 1. The summed E-state index contributed by atoms with van der Waals surface area (Å²) in [5.41, 5.74) is 4.30. The highest BCUT2D eigenvalue weighted by Gasteiger charge is 2.40. The lowest BCUT2D eigenvalue weighted by molar-refractivity contribution is 0.371. The molecule has 0 bridgehead atoms. The lowest BCUT2D eigenvalue weighted by atomic mass is 9.73. The molecule has 1 fully saturated rings. The second-order valence-corrected chi connectivity index (χ2v) is 10.6. The van der Waals surface area contributed by atoms with Gasteiger partial charge in [-0.1, -0.05) is 12.1 Å². The molecule has 3 atom stereocenters. The molecule has 3 aromatic rings. The Morgan fingerprint density at radius 3 is 2.85 bits per heavy atom. The van der Waals surface area contributed by atoms with E-state index in [1.165, 1.54) is 32.6 Å². The number of nitrogens with zero attached hydrogens (tertiary/aromatic N) is 1. The molecule has 1 aromatic carbocycles. The van der Waals surface area contributed by atoms with Gasteiger partial charge in [-0.2, -0.15) is 0 Å². The van der Waals surface area contributed by atoms with E-state index in [0.717, 1.165) is 61.0 Å². The van der Waals surface area contributed by atoms with E-state index in [1.54, 1.807) is 18.4 Å². The van der Waals surface area contributed by atoms with Gasteiger partial charge in [-0.15, -0.1) is 23.7 Å². The van der Waals surface area contributed by atoms with Crippen molar-refractivity contribution in [2.45, 2.75) is 63.5 Å². The van der Waals surface area contributed by atoms with E-state index in [4.69, 9.17) is 4.74 Å². The third-order valence-corrected chi connectivity index (χ3v) is 9.13. The summed E-state index contributed by atoms with van der Waals surface area (Å²) >= 11 is 1.59. The first-order valence-corrected chi connectivity index (χ1v) is 12.6. The first kappa shape index (κ1) is 22.7. The standard InChI is InChI=1S/C25H29N3O3S.ClH/c1-31-19-7-4-6-16-15(19)10-9-14-13-26-18(21(14)16)11-12-28-24(29)23-22(27-25(28)30)17-5-2-3-8-20(17)32-23;/h4,6-7,14,18,21,26H,2-3,5,8-13H2,1H3,(H,27,30);1H/t14-,18?,21+;/m0./s1. The zero-order valence-electron chi connectivity index (χ0n) is 18.8. The summed E-state index contributed by atoms with van der Waals surface area (Å²) in [6.07, 6.45) is 7.24. The molecule has 6 rings (SSSR count). The van der Waals surface area contributed by atoms with Crippen LogP contribution in [0.2, 0.25) is 0 Å². The number of methoxy groups -OCH3 is 1. The predicted molar refractivity (Wildman–Crippen MR) is 135 cm³/mol. The summed E-state index contributed by atoms with van der Waals surface area (Å²) < 4.78 is 7.77. The van der Waals surface area contributed by atoms with Gasteiger partial charge in [-0.05, 0) is 80.2 Å². The van der Waals surface area contributed by atoms with Gasteiger partial charge in [0.1, 0.15) is 10.4 Å². The fourth-order valence-electron chi connectivity index (χ4n) is 6.31. The van der Waals surface area contributed by atoms with Gasteiger partial charge in [-0.3, -0.25) is 9.36 Å².